The van der Waals surface area contributed by atoms with Crippen LogP contribution in [0.25, 0.3) is 0 Å². The van der Waals surface area contributed by atoms with Gasteiger partial charge in [-0.2, -0.15) is 0 Å². The van der Waals surface area contributed by atoms with E-state index in [1.165, 1.54) is 35.2 Å². The largest absolute Gasteiger partial charge is 0.371 e. The highest BCUT2D eigenvalue weighted by Gasteiger charge is 2.23. The van der Waals surface area contributed by atoms with Crippen LogP contribution in [-0.4, -0.2) is 26.2 Å². The van der Waals surface area contributed by atoms with Gasteiger partial charge in [-0.1, -0.05) is 28.9 Å². The summed E-state index contributed by atoms with van der Waals surface area (Å²) in [4.78, 5) is 2.52. The number of nitrogens with one attached hydrogen (secondary N) is 1. The van der Waals surface area contributed by atoms with Crippen molar-refractivity contribution in [2.45, 2.75) is 20.3 Å². The van der Waals surface area contributed by atoms with E-state index in [-0.39, 0.29) is 0 Å². The molecule has 0 radical (unpaired) electrons. The zero-order valence-electron chi connectivity index (χ0n) is 10.7. The number of rotatable bonds is 4. The number of hydrogen-bond donors (Lipinski definition) is 1. The molecule has 3 heteroatoms. The molecule has 0 aliphatic carbocycles. The summed E-state index contributed by atoms with van der Waals surface area (Å²) in [6.45, 7) is 8.97. The van der Waals surface area contributed by atoms with Crippen LogP contribution in [0.1, 0.15) is 18.9 Å². The van der Waals surface area contributed by atoms with Crippen molar-refractivity contribution >= 4 is 21.6 Å². The average Bonchev–Trinajstić information content (AvgIpc) is 2.78. The smallest absolute Gasteiger partial charge is 0.0407 e. The molecule has 1 fully saturated rings. The number of aryl methyl sites for hydroxylation is 1. The number of anilines is 1. The van der Waals surface area contributed by atoms with E-state index in [0.717, 1.165) is 19.0 Å². The number of halogens is 1. The summed E-state index contributed by atoms with van der Waals surface area (Å²) in [6.07, 6.45) is 1.30. The Kier molecular flexibility index (Phi) is 4.46. The summed E-state index contributed by atoms with van der Waals surface area (Å²) < 4.78 is 1.17. The third-order valence-corrected chi connectivity index (χ3v) is 3.97. The van der Waals surface area contributed by atoms with Crippen molar-refractivity contribution in [2.75, 3.05) is 31.1 Å². The summed E-state index contributed by atoms with van der Waals surface area (Å²) in [5.74, 6) is 0.799. The minimum absolute atomic E-state index is 0.799. The molecule has 1 saturated heterocycles. The monoisotopic (exact) mass is 296 g/mol. The van der Waals surface area contributed by atoms with Gasteiger partial charge in [0.25, 0.3) is 0 Å². The minimum Gasteiger partial charge on any atom is -0.371 e. The van der Waals surface area contributed by atoms with Gasteiger partial charge in [0.15, 0.2) is 0 Å². The van der Waals surface area contributed by atoms with E-state index >= 15 is 0 Å². The van der Waals surface area contributed by atoms with Crippen LogP contribution >= 0.6 is 15.9 Å². The van der Waals surface area contributed by atoms with Crippen molar-refractivity contribution < 1.29 is 0 Å². The van der Waals surface area contributed by atoms with Gasteiger partial charge in [0.1, 0.15) is 0 Å². The summed E-state index contributed by atoms with van der Waals surface area (Å²) in [5.41, 5.74) is 2.76. The van der Waals surface area contributed by atoms with Gasteiger partial charge in [-0.05, 0) is 50.0 Å². The molecule has 0 bridgehead atoms. The van der Waals surface area contributed by atoms with Crippen LogP contribution in [0.2, 0.25) is 0 Å². The Hall–Kier alpha value is -0.540. The molecule has 1 aliphatic rings. The maximum Gasteiger partial charge on any atom is 0.0407 e. The van der Waals surface area contributed by atoms with E-state index in [1.54, 1.807) is 0 Å². The van der Waals surface area contributed by atoms with Crippen LogP contribution < -0.4 is 10.2 Å². The third-order valence-electron chi connectivity index (χ3n) is 3.48. The summed E-state index contributed by atoms with van der Waals surface area (Å²) in [7, 11) is 0. The second kappa shape index (κ2) is 5.87. The standard InChI is InChI=1S/C14H21BrN2/c1-3-16-9-12-6-7-17(10-12)14-8-13(15)5-4-11(14)2/h4-5,8,12,16H,3,6-7,9-10H2,1-2H3. The molecule has 2 nitrogen and oxygen atoms in total. The van der Waals surface area contributed by atoms with Crippen LogP contribution in [0.4, 0.5) is 5.69 Å². The minimum atomic E-state index is 0.799. The van der Waals surface area contributed by atoms with Crippen molar-refractivity contribution in [1.82, 2.24) is 5.32 Å². The zero-order chi connectivity index (χ0) is 12.3. The Bertz CT molecular complexity index is 378. The fourth-order valence-electron chi connectivity index (χ4n) is 2.49. The quantitative estimate of drug-likeness (QED) is 0.918. The van der Waals surface area contributed by atoms with Gasteiger partial charge in [0.05, 0.1) is 0 Å². The first-order valence-corrected chi connectivity index (χ1v) is 7.22. The van der Waals surface area contributed by atoms with Crippen molar-refractivity contribution in [3.8, 4) is 0 Å². The van der Waals surface area contributed by atoms with Gasteiger partial charge >= 0.3 is 0 Å². The average molecular weight is 297 g/mol. The summed E-state index contributed by atoms with van der Waals surface area (Å²) in [5, 5.41) is 3.45. The lowest BCUT2D eigenvalue weighted by Crippen LogP contribution is -2.26. The maximum atomic E-state index is 3.56. The lowest BCUT2D eigenvalue weighted by atomic mass is 10.1. The summed E-state index contributed by atoms with van der Waals surface area (Å²) in [6, 6.07) is 6.55. The molecular formula is C14H21BrN2. The molecule has 0 amide bonds. The van der Waals surface area contributed by atoms with Crippen LogP contribution in [0.3, 0.4) is 0 Å². The molecule has 1 N–H and O–H groups in total. The Morgan fingerprint density at radius 1 is 1.47 bits per heavy atom. The highest BCUT2D eigenvalue weighted by Crippen LogP contribution is 2.29. The number of hydrogen-bond acceptors (Lipinski definition) is 2. The highest BCUT2D eigenvalue weighted by molar-refractivity contribution is 9.10. The fraction of sp³-hybridized carbons (Fsp3) is 0.571. The van der Waals surface area contributed by atoms with Crippen LogP contribution in [0.15, 0.2) is 22.7 Å². The van der Waals surface area contributed by atoms with Crippen LogP contribution in [0, 0.1) is 12.8 Å². The second-order valence-electron chi connectivity index (χ2n) is 4.84. The Morgan fingerprint density at radius 3 is 3.06 bits per heavy atom. The lowest BCUT2D eigenvalue weighted by molar-refractivity contribution is 0.528. The third kappa shape index (κ3) is 3.23. The van der Waals surface area contributed by atoms with Gasteiger partial charge < -0.3 is 10.2 Å². The van der Waals surface area contributed by atoms with Gasteiger partial charge in [-0.15, -0.1) is 0 Å². The molecule has 1 aromatic rings. The molecule has 0 saturated carbocycles. The van der Waals surface area contributed by atoms with Crippen molar-refractivity contribution in [1.29, 1.82) is 0 Å². The Balaban J connectivity index is 2.02. The van der Waals surface area contributed by atoms with Gasteiger partial charge in [-0.25, -0.2) is 0 Å². The maximum absolute atomic E-state index is 3.56. The normalized spacial score (nSPS) is 19.9. The van der Waals surface area contributed by atoms with E-state index < -0.39 is 0 Å². The van der Waals surface area contributed by atoms with Crippen LogP contribution in [-0.2, 0) is 0 Å². The van der Waals surface area contributed by atoms with E-state index in [2.05, 4.69) is 58.2 Å². The van der Waals surface area contributed by atoms with Crippen LogP contribution in [0.5, 0.6) is 0 Å². The molecule has 1 aliphatic heterocycles. The second-order valence-corrected chi connectivity index (χ2v) is 5.75. The highest BCUT2D eigenvalue weighted by atomic mass is 79.9. The predicted octanol–water partition coefficient (Wildman–Crippen LogP) is 3.19. The van der Waals surface area contributed by atoms with E-state index in [4.69, 9.17) is 0 Å². The lowest BCUT2D eigenvalue weighted by Gasteiger charge is -2.21. The van der Waals surface area contributed by atoms with Gasteiger partial charge in [0.2, 0.25) is 0 Å². The van der Waals surface area contributed by atoms with Crippen molar-refractivity contribution in [3.05, 3.63) is 28.2 Å². The first-order valence-electron chi connectivity index (χ1n) is 6.42. The summed E-state index contributed by atoms with van der Waals surface area (Å²) >= 11 is 3.56. The van der Waals surface area contributed by atoms with Crippen molar-refractivity contribution in [2.24, 2.45) is 5.92 Å². The molecule has 0 spiro atoms. The van der Waals surface area contributed by atoms with E-state index in [9.17, 15) is 0 Å². The topological polar surface area (TPSA) is 15.3 Å². The first kappa shape index (κ1) is 12.9. The first-order chi connectivity index (χ1) is 8.20. The van der Waals surface area contributed by atoms with E-state index in [1.807, 2.05) is 0 Å². The van der Waals surface area contributed by atoms with Gasteiger partial charge in [0, 0.05) is 23.2 Å². The molecule has 2 rings (SSSR count). The molecular weight excluding hydrogens is 276 g/mol. The fourth-order valence-corrected chi connectivity index (χ4v) is 2.84. The molecule has 94 valence electrons. The Labute approximate surface area is 113 Å². The predicted molar refractivity (Wildman–Crippen MR) is 77.7 cm³/mol. The molecule has 1 atom stereocenters. The Morgan fingerprint density at radius 2 is 2.29 bits per heavy atom. The molecule has 1 unspecified atom stereocenters. The zero-order valence-corrected chi connectivity index (χ0v) is 12.3. The molecule has 1 aromatic carbocycles. The SMILES string of the molecule is CCNCC1CCN(c2cc(Br)ccc2C)C1. The van der Waals surface area contributed by atoms with Crippen molar-refractivity contribution in [3.63, 3.8) is 0 Å². The van der Waals surface area contributed by atoms with E-state index in [0.29, 0.717) is 0 Å². The molecule has 1 heterocycles. The number of nitrogens with zero attached hydrogens (tertiary/aromatic N) is 1. The van der Waals surface area contributed by atoms with Gasteiger partial charge in [-0.3, -0.25) is 0 Å². The molecule has 17 heavy (non-hydrogen) atoms. The number of benzene rings is 1. The molecule has 0 aromatic heterocycles.